The third-order valence-corrected chi connectivity index (χ3v) is 1.53. The van der Waals surface area contributed by atoms with E-state index in [1.165, 1.54) is 0 Å². The Morgan fingerprint density at radius 1 is 1.23 bits per heavy atom. The zero-order chi connectivity index (χ0) is 7.72. The summed E-state index contributed by atoms with van der Waals surface area (Å²) < 4.78 is 0. The summed E-state index contributed by atoms with van der Waals surface area (Å²) in [5, 5.41) is 28.4. The molecule has 3 atom stereocenters. The Labute approximate surface area is 183 Å². The second kappa shape index (κ2) is 10.8. The standard InChI is InChI=1S/C5H9NO4.3Ac/c7-1-2-3(8)4(9)5(10)6-2;;;/h2-4,7-9H,1H2,(H,6,10);;;. The summed E-state index contributed by atoms with van der Waals surface area (Å²) in [5.41, 5.74) is 0. The van der Waals surface area contributed by atoms with Crippen molar-refractivity contribution in [3.63, 3.8) is 0 Å². The van der Waals surface area contributed by atoms with Crippen LogP contribution in [0.2, 0.25) is 0 Å². The predicted molar refractivity (Wildman–Crippen MR) is 31.0 cm³/mol. The van der Waals surface area contributed by atoms with Crippen LogP contribution in [0.3, 0.4) is 0 Å². The molecule has 13 heavy (non-hydrogen) atoms. The van der Waals surface area contributed by atoms with Gasteiger partial charge in [0, 0.05) is 132 Å². The van der Waals surface area contributed by atoms with Crippen LogP contribution < -0.4 is 5.32 Å². The van der Waals surface area contributed by atoms with E-state index in [4.69, 9.17) is 15.3 Å². The van der Waals surface area contributed by atoms with E-state index in [1.54, 1.807) is 0 Å². The number of nitrogens with one attached hydrogen (secondary N) is 1. The van der Waals surface area contributed by atoms with Crippen LogP contribution in [0.4, 0.5) is 0 Å². The summed E-state index contributed by atoms with van der Waals surface area (Å²) in [7, 11) is 0. The topological polar surface area (TPSA) is 89.8 Å². The number of amides is 1. The molecule has 5 nitrogen and oxygen atoms in total. The number of carbonyl (C=O) groups excluding carboxylic acids is 1. The molecule has 1 rings (SSSR count). The average molecular weight is 828 g/mol. The molecule has 4 N–H and O–H groups in total. The normalized spacial score (nSPS) is 30.7. The molecule has 3 radical (unpaired) electrons. The number of rotatable bonds is 1. The molecule has 1 aliphatic rings. The van der Waals surface area contributed by atoms with Crippen LogP contribution in [0.1, 0.15) is 0 Å². The Morgan fingerprint density at radius 2 is 1.69 bits per heavy atom. The van der Waals surface area contributed by atoms with E-state index >= 15 is 0 Å². The number of carbonyl (C=O) groups is 1. The predicted octanol–water partition coefficient (Wildman–Crippen LogP) is -2.80. The molecule has 8 heteroatoms. The van der Waals surface area contributed by atoms with E-state index in [0.717, 1.165) is 0 Å². The maximum Gasteiger partial charge on any atom is 0.252 e. The summed E-state index contributed by atoms with van der Waals surface area (Å²) in [5.74, 6) is -0.633. The van der Waals surface area contributed by atoms with Crippen molar-refractivity contribution < 1.29 is 152 Å². The van der Waals surface area contributed by atoms with E-state index in [1.807, 2.05) is 0 Å². The van der Waals surface area contributed by atoms with Crippen LogP contribution in [-0.2, 0) is 4.79 Å². The van der Waals surface area contributed by atoms with Gasteiger partial charge in [-0.2, -0.15) is 0 Å². The van der Waals surface area contributed by atoms with Crippen molar-refractivity contribution in [1.29, 1.82) is 0 Å². The minimum absolute atomic E-state index is 0. The maximum atomic E-state index is 10.5. The van der Waals surface area contributed by atoms with Crippen molar-refractivity contribution in [3.05, 3.63) is 0 Å². The van der Waals surface area contributed by atoms with Gasteiger partial charge in [0.2, 0.25) is 0 Å². The monoisotopic (exact) mass is 828 g/mol. The molecule has 0 saturated carbocycles. The van der Waals surface area contributed by atoms with E-state index in [-0.39, 0.29) is 139 Å². The van der Waals surface area contributed by atoms with Gasteiger partial charge in [0.15, 0.2) is 6.10 Å². The summed E-state index contributed by atoms with van der Waals surface area (Å²) >= 11 is 0. The summed E-state index contributed by atoms with van der Waals surface area (Å²) in [6.45, 7) is -0.357. The molecule has 3 unspecified atom stereocenters. The van der Waals surface area contributed by atoms with Crippen LogP contribution in [0.15, 0.2) is 0 Å². The molecule has 0 bridgehead atoms. The average Bonchev–Trinajstić information content (AvgIpc) is 2.17. The second-order valence-corrected chi connectivity index (χ2v) is 2.23. The van der Waals surface area contributed by atoms with Gasteiger partial charge in [-0.05, 0) is 0 Å². The van der Waals surface area contributed by atoms with Gasteiger partial charge in [-0.3, -0.25) is 4.79 Å². The third-order valence-electron chi connectivity index (χ3n) is 1.53. The number of hydrogen-bond acceptors (Lipinski definition) is 4. The van der Waals surface area contributed by atoms with Crippen LogP contribution >= 0.6 is 0 Å². The number of aliphatic hydroxyl groups excluding tert-OH is 3. The smallest absolute Gasteiger partial charge is 0.252 e. The molecule has 0 aromatic rings. The van der Waals surface area contributed by atoms with Gasteiger partial charge in [0.05, 0.1) is 12.6 Å². The van der Waals surface area contributed by atoms with Gasteiger partial charge in [0.1, 0.15) is 6.10 Å². The SMILES string of the molecule is O=C1NC(CO)C(O)C1O.[Ac].[Ac].[Ac]. The van der Waals surface area contributed by atoms with Gasteiger partial charge in [-0.15, -0.1) is 0 Å². The van der Waals surface area contributed by atoms with E-state index < -0.39 is 24.2 Å². The molecule has 1 saturated heterocycles. The van der Waals surface area contributed by atoms with Gasteiger partial charge >= 0.3 is 0 Å². The number of aliphatic hydroxyl groups is 3. The van der Waals surface area contributed by atoms with Gasteiger partial charge in [-0.1, -0.05) is 0 Å². The van der Waals surface area contributed by atoms with Crippen molar-refractivity contribution in [1.82, 2.24) is 5.32 Å². The van der Waals surface area contributed by atoms with Crippen molar-refractivity contribution in [2.45, 2.75) is 18.2 Å². The summed E-state index contributed by atoms with van der Waals surface area (Å²) in [4.78, 5) is 10.5. The van der Waals surface area contributed by atoms with E-state index in [0.29, 0.717) is 0 Å². The Bertz CT molecular complexity index is 159. The Balaban J connectivity index is -0.000000333. The summed E-state index contributed by atoms with van der Waals surface area (Å²) in [6, 6.07) is -0.720. The summed E-state index contributed by atoms with van der Waals surface area (Å²) in [6.07, 6.45) is -2.57. The molecular weight excluding hydrogens is 819 g/mol. The van der Waals surface area contributed by atoms with Crippen LogP contribution in [0.25, 0.3) is 0 Å². The van der Waals surface area contributed by atoms with Gasteiger partial charge in [-0.25, -0.2) is 0 Å². The molecule has 0 aromatic heterocycles. The van der Waals surface area contributed by atoms with Crippen LogP contribution in [0.5, 0.6) is 0 Å². The zero-order valence-electron chi connectivity index (χ0n) is 6.92. The fourth-order valence-corrected chi connectivity index (χ4v) is 0.882. The first-order valence-corrected chi connectivity index (χ1v) is 2.94. The molecular formula is C5H9Ac3NO4. The first-order chi connectivity index (χ1) is 4.66. The zero-order valence-corrected chi connectivity index (χ0v) is 21.2. The Morgan fingerprint density at radius 3 is 1.85 bits per heavy atom. The molecule has 0 aromatic carbocycles. The largest absolute Gasteiger partial charge is 0.394 e. The van der Waals surface area contributed by atoms with Crippen molar-refractivity contribution >= 4 is 5.91 Å². The number of hydrogen-bond donors (Lipinski definition) is 4. The third kappa shape index (κ3) is 6.24. The molecule has 1 heterocycles. The first-order valence-electron chi connectivity index (χ1n) is 2.94. The van der Waals surface area contributed by atoms with Crippen LogP contribution in [0, 0.1) is 132 Å². The van der Waals surface area contributed by atoms with E-state index in [9.17, 15) is 4.79 Å². The Hall–Kier alpha value is 3.67. The van der Waals surface area contributed by atoms with Gasteiger partial charge < -0.3 is 20.6 Å². The molecule has 0 spiro atoms. The second-order valence-electron chi connectivity index (χ2n) is 2.23. The van der Waals surface area contributed by atoms with Crippen molar-refractivity contribution in [2.24, 2.45) is 0 Å². The molecule has 0 aliphatic carbocycles. The van der Waals surface area contributed by atoms with Gasteiger partial charge in [0.25, 0.3) is 5.91 Å². The molecule has 1 amide bonds. The Kier molecular flexibility index (Phi) is 18.2. The van der Waals surface area contributed by atoms with Crippen molar-refractivity contribution in [3.8, 4) is 0 Å². The molecule has 1 aliphatic heterocycles. The first kappa shape index (κ1) is 21.9. The molecule has 67 valence electrons. The minimum Gasteiger partial charge on any atom is -0.394 e. The fraction of sp³-hybridized carbons (Fsp3) is 0.800. The van der Waals surface area contributed by atoms with Crippen molar-refractivity contribution in [2.75, 3.05) is 6.61 Å². The van der Waals surface area contributed by atoms with E-state index in [2.05, 4.69) is 5.32 Å². The van der Waals surface area contributed by atoms with Crippen LogP contribution in [-0.4, -0.2) is 46.1 Å². The maximum absolute atomic E-state index is 10.5. The fourth-order valence-electron chi connectivity index (χ4n) is 0.882. The minimum atomic E-state index is -1.39. The quantitative estimate of drug-likeness (QED) is 0.231. The molecule has 1 fully saturated rings.